The average Bonchev–Trinajstić information content (AvgIpc) is 2.46. The number of fused-ring (bicyclic) bond motifs is 1. The highest BCUT2D eigenvalue weighted by Gasteiger charge is 2.23. The molecule has 0 saturated heterocycles. The standard InChI is InChI=1S/C17H25FN2O2/c1-17(2,8-9-21)11-19-16(22)20-15-5-3-4-12-6-7-13(18)10-14(12)15/h6-7,10,15,21H,3-5,8-9,11H2,1-2H3,(H2,19,20,22). The van der Waals surface area contributed by atoms with Gasteiger partial charge in [0.05, 0.1) is 6.04 Å². The predicted molar refractivity (Wildman–Crippen MR) is 84.1 cm³/mol. The van der Waals surface area contributed by atoms with Crippen LogP contribution < -0.4 is 10.6 Å². The Labute approximate surface area is 131 Å². The van der Waals surface area contributed by atoms with Crippen molar-refractivity contribution in [1.82, 2.24) is 10.6 Å². The Hall–Kier alpha value is -1.62. The van der Waals surface area contributed by atoms with E-state index in [1.165, 1.54) is 12.1 Å². The van der Waals surface area contributed by atoms with Crippen LogP contribution >= 0.6 is 0 Å². The van der Waals surface area contributed by atoms with Gasteiger partial charge in [-0.25, -0.2) is 9.18 Å². The zero-order valence-corrected chi connectivity index (χ0v) is 13.3. The fourth-order valence-corrected chi connectivity index (χ4v) is 2.84. The molecule has 2 amide bonds. The number of hydrogen-bond acceptors (Lipinski definition) is 2. The summed E-state index contributed by atoms with van der Waals surface area (Å²) in [6.45, 7) is 4.58. The largest absolute Gasteiger partial charge is 0.396 e. The summed E-state index contributed by atoms with van der Waals surface area (Å²) in [5.41, 5.74) is 1.84. The van der Waals surface area contributed by atoms with E-state index >= 15 is 0 Å². The van der Waals surface area contributed by atoms with Crippen molar-refractivity contribution in [2.24, 2.45) is 5.41 Å². The second-order valence-electron chi connectivity index (χ2n) is 6.75. The molecule has 0 spiro atoms. The van der Waals surface area contributed by atoms with Gasteiger partial charge in [-0.3, -0.25) is 0 Å². The molecule has 0 heterocycles. The molecule has 122 valence electrons. The molecule has 3 N–H and O–H groups in total. The molecule has 1 aromatic carbocycles. The van der Waals surface area contributed by atoms with E-state index in [4.69, 9.17) is 5.11 Å². The fourth-order valence-electron chi connectivity index (χ4n) is 2.84. The van der Waals surface area contributed by atoms with Crippen molar-refractivity contribution in [3.63, 3.8) is 0 Å². The second kappa shape index (κ2) is 7.09. The lowest BCUT2D eigenvalue weighted by Crippen LogP contribution is -2.43. The maximum Gasteiger partial charge on any atom is 0.315 e. The summed E-state index contributed by atoms with van der Waals surface area (Å²) in [6.07, 6.45) is 3.37. The molecule has 1 aromatic rings. The van der Waals surface area contributed by atoms with Crippen LogP contribution in [0.4, 0.5) is 9.18 Å². The highest BCUT2D eigenvalue weighted by atomic mass is 19.1. The number of nitrogens with one attached hydrogen (secondary N) is 2. The normalized spacial score (nSPS) is 17.7. The summed E-state index contributed by atoms with van der Waals surface area (Å²) in [6, 6.07) is 4.42. The number of carbonyl (C=O) groups is 1. The lowest BCUT2D eigenvalue weighted by molar-refractivity contribution is 0.199. The molecule has 1 atom stereocenters. The van der Waals surface area contributed by atoms with Crippen LogP contribution in [0.15, 0.2) is 18.2 Å². The van der Waals surface area contributed by atoms with Crippen LogP contribution in [0, 0.1) is 11.2 Å². The lowest BCUT2D eigenvalue weighted by atomic mass is 9.87. The minimum absolute atomic E-state index is 0.103. The Bertz CT molecular complexity index is 531. The highest BCUT2D eigenvalue weighted by molar-refractivity contribution is 5.74. The highest BCUT2D eigenvalue weighted by Crippen LogP contribution is 2.30. The van der Waals surface area contributed by atoms with Gasteiger partial charge in [0.15, 0.2) is 0 Å². The third-order valence-corrected chi connectivity index (χ3v) is 4.24. The number of benzene rings is 1. The molecule has 0 saturated carbocycles. The minimum Gasteiger partial charge on any atom is -0.396 e. The van der Waals surface area contributed by atoms with Crippen molar-refractivity contribution in [2.45, 2.75) is 45.6 Å². The van der Waals surface area contributed by atoms with Crippen LogP contribution in [-0.4, -0.2) is 24.3 Å². The number of aliphatic hydroxyl groups is 1. The zero-order valence-electron chi connectivity index (χ0n) is 13.3. The van der Waals surface area contributed by atoms with Crippen LogP contribution in [0.3, 0.4) is 0 Å². The molecule has 2 rings (SSSR count). The van der Waals surface area contributed by atoms with Crippen molar-refractivity contribution in [3.8, 4) is 0 Å². The van der Waals surface area contributed by atoms with E-state index in [-0.39, 0.29) is 29.9 Å². The Kier molecular flexibility index (Phi) is 5.40. The number of carbonyl (C=O) groups excluding carboxylic acids is 1. The van der Waals surface area contributed by atoms with Crippen LogP contribution in [0.25, 0.3) is 0 Å². The number of amides is 2. The molecule has 0 aromatic heterocycles. The van der Waals surface area contributed by atoms with Gasteiger partial charge in [0.1, 0.15) is 5.82 Å². The Morgan fingerprint density at radius 1 is 1.45 bits per heavy atom. The topological polar surface area (TPSA) is 61.4 Å². The number of rotatable bonds is 5. The number of aryl methyl sites for hydroxylation is 1. The molecule has 1 unspecified atom stereocenters. The summed E-state index contributed by atoms with van der Waals surface area (Å²) < 4.78 is 13.4. The molecule has 4 nitrogen and oxygen atoms in total. The van der Waals surface area contributed by atoms with E-state index < -0.39 is 0 Å². The van der Waals surface area contributed by atoms with Gasteiger partial charge >= 0.3 is 6.03 Å². The number of urea groups is 1. The van der Waals surface area contributed by atoms with Gasteiger partial charge in [-0.15, -0.1) is 0 Å². The number of halogens is 1. The Morgan fingerprint density at radius 2 is 2.23 bits per heavy atom. The molecule has 0 bridgehead atoms. The van der Waals surface area contributed by atoms with Gasteiger partial charge in [-0.2, -0.15) is 0 Å². The van der Waals surface area contributed by atoms with Gasteiger partial charge in [0.2, 0.25) is 0 Å². The van der Waals surface area contributed by atoms with Gasteiger partial charge in [0, 0.05) is 13.2 Å². The smallest absolute Gasteiger partial charge is 0.315 e. The average molecular weight is 308 g/mol. The molecule has 0 aliphatic heterocycles. The summed E-state index contributed by atoms with van der Waals surface area (Å²) >= 11 is 0. The van der Waals surface area contributed by atoms with E-state index in [0.717, 1.165) is 30.4 Å². The van der Waals surface area contributed by atoms with Crippen LogP contribution in [0.2, 0.25) is 0 Å². The molecular weight excluding hydrogens is 283 g/mol. The zero-order chi connectivity index (χ0) is 16.2. The third-order valence-electron chi connectivity index (χ3n) is 4.24. The van der Waals surface area contributed by atoms with Crippen molar-refractivity contribution >= 4 is 6.03 Å². The van der Waals surface area contributed by atoms with E-state index in [0.29, 0.717) is 13.0 Å². The molecule has 0 fully saturated rings. The number of aliphatic hydroxyl groups excluding tert-OH is 1. The number of hydrogen-bond donors (Lipinski definition) is 3. The van der Waals surface area contributed by atoms with E-state index in [1.807, 2.05) is 13.8 Å². The summed E-state index contributed by atoms with van der Waals surface area (Å²) in [5.74, 6) is -0.267. The summed E-state index contributed by atoms with van der Waals surface area (Å²) in [4.78, 5) is 12.1. The van der Waals surface area contributed by atoms with Gasteiger partial charge in [-0.1, -0.05) is 19.9 Å². The molecule has 1 aliphatic rings. The Morgan fingerprint density at radius 3 is 2.95 bits per heavy atom. The van der Waals surface area contributed by atoms with Crippen molar-refractivity contribution in [1.29, 1.82) is 0 Å². The third kappa shape index (κ3) is 4.44. The second-order valence-corrected chi connectivity index (χ2v) is 6.75. The fraction of sp³-hybridized carbons (Fsp3) is 0.588. The van der Waals surface area contributed by atoms with E-state index in [1.54, 1.807) is 6.07 Å². The van der Waals surface area contributed by atoms with Crippen molar-refractivity contribution < 1.29 is 14.3 Å². The van der Waals surface area contributed by atoms with Crippen molar-refractivity contribution in [3.05, 3.63) is 35.1 Å². The Balaban J connectivity index is 1.95. The first-order chi connectivity index (χ1) is 10.4. The molecule has 5 heteroatoms. The maximum atomic E-state index is 13.4. The first kappa shape index (κ1) is 16.7. The van der Waals surface area contributed by atoms with Crippen LogP contribution in [0.1, 0.15) is 50.3 Å². The summed E-state index contributed by atoms with van der Waals surface area (Å²) in [7, 11) is 0. The van der Waals surface area contributed by atoms with Crippen molar-refractivity contribution in [2.75, 3.05) is 13.2 Å². The minimum atomic E-state index is -0.267. The first-order valence-electron chi connectivity index (χ1n) is 7.85. The SMILES string of the molecule is CC(C)(CCO)CNC(=O)NC1CCCc2ccc(F)cc21. The van der Waals surface area contributed by atoms with Gasteiger partial charge in [-0.05, 0) is 54.4 Å². The molecule has 0 radical (unpaired) electrons. The quantitative estimate of drug-likeness (QED) is 0.783. The monoisotopic (exact) mass is 308 g/mol. The first-order valence-corrected chi connectivity index (χ1v) is 7.85. The van der Waals surface area contributed by atoms with Gasteiger partial charge in [0.25, 0.3) is 0 Å². The van der Waals surface area contributed by atoms with E-state index in [9.17, 15) is 9.18 Å². The molecule has 1 aliphatic carbocycles. The van der Waals surface area contributed by atoms with Crippen LogP contribution in [-0.2, 0) is 6.42 Å². The van der Waals surface area contributed by atoms with E-state index in [2.05, 4.69) is 10.6 Å². The van der Waals surface area contributed by atoms with Gasteiger partial charge < -0.3 is 15.7 Å². The lowest BCUT2D eigenvalue weighted by Gasteiger charge is -2.28. The van der Waals surface area contributed by atoms with Crippen LogP contribution in [0.5, 0.6) is 0 Å². The summed E-state index contributed by atoms with van der Waals surface area (Å²) in [5, 5.41) is 14.8. The molecular formula is C17H25FN2O2. The maximum absolute atomic E-state index is 13.4. The molecule has 22 heavy (non-hydrogen) atoms. The predicted octanol–water partition coefficient (Wildman–Crippen LogP) is 2.91.